The Hall–Kier alpha value is -3.48. The number of anilines is 1. The highest BCUT2D eigenvalue weighted by molar-refractivity contribution is 6.09. The Balaban J connectivity index is 1.45. The summed E-state index contributed by atoms with van der Waals surface area (Å²) in [5.74, 6) is -1.88. The molecule has 3 amide bonds. The number of imide groups is 1. The smallest absolute Gasteiger partial charge is 0.308 e. The van der Waals surface area contributed by atoms with E-state index in [-0.39, 0.29) is 25.3 Å². The summed E-state index contributed by atoms with van der Waals surface area (Å²) < 4.78 is 4.95. The summed E-state index contributed by atoms with van der Waals surface area (Å²) in [5, 5.41) is 2.64. The molecule has 0 fully saturated rings. The van der Waals surface area contributed by atoms with Gasteiger partial charge in [-0.15, -0.1) is 0 Å². The van der Waals surface area contributed by atoms with Crippen molar-refractivity contribution in [2.24, 2.45) is 0 Å². The minimum Gasteiger partial charge on any atom is -0.456 e. The maximum atomic E-state index is 12.4. The molecule has 0 saturated carbocycles. The summed E-state index contributed by atoms with van der Waals surface area (Å²) in [6.07, 6.45) is 0.855. The number of fused-ring (bicyclic) bond motifs is 1. The number of hydrogen-bond acceptors (Lipinski definition) is 5. The van der Waals surface area contributed by atoms with Crippen LogP contribution in [0.1, 0.15) is 34.8 Å². The highest BCUT2D eigenvalue weighted by Gasteiger charge is 2.30. The van der Waals surface area contributed by atoms with Gasteiger partial charge in [0.05, 0.1) is 12.8 Å². The van der Waals surface area contributed by atoms with Crippen LogP contribution < -0.4 is 5.32 Å². The number of aryl methyl sites for hydroxylation is 1. The van der Waals surface area contributed by atoms with Crippen molar-refractivity contribution in [1.29, 1.82) is 0 Å². The van der Waals surface area contributed by atoms with Crippen molar-refractivity contribution in [2.45, 2.75) is 26.2 Å². The van der Waals surface area contributed by atoms with Gasteiger partial charge in [-0.3, -0.25) is 24.1 Å². The van der Waals surface area contributed by atoms with Gasteiger partial charge in [-0.05, 0) is 35.7 Å². The average molecular weight is 394 g/mol. The van der Waals surface area contributed by atoms with Crippen molar-refractivity contribution in [1.82, 2.24) is 4.90 Å². The zero-order valence-corrected chi connectivity index (χ0v) is 16.1. The first kappa shape index (κ1) is 20.3. The van der Waals surface area contributed by atoms with Gasteiger partial charge in [-0.25, -0.2) is 0 Å². The molecule has 7 heteroatoms. The Morgan fingerprint density at radius 2 is 1.79 bits per heavy atom. The summed E-state index contributed by atoms with van der Waals surface area (Å²) >= 11 is 0. The fourth-order valence-corrected chi connectivity index (χ4v) is 3.07. The summed E-state index contributed by atoms with van der Waals surface area (Å²) in [5.41, 5.74) is 2.92. The van der Waals surface area contributed by atoms with Gasteiger partial charge in [0.25, 0.3) is 11.8 Å². The van der Waals surface area contributed by atoms with E-state index in [0.717, 1.165) is 16.9 Å². The number of hydrogen-bond donors (Lipinski definition) is 1. The molecule has 0 saturated heterocycles. The molecule has 0 aromatic heterocycles. The second-order valence-electron chi connectivity index (χ2n) is 6.69. The molecule has 0 bridgehead atoms. The molecule has 1 aliphatic rings. The molecule has 29 heavy (non-hydrogen) atoms. The Kier molecular flexibility index (Phi) is 6.39. The number of nitrogens with one attached hydrogen (secondary N) is 1. The first-order valence-electron chi connectivity index (χ1n) is 9.45. The van der Waals surface area contributed by atoms with Crippen LogP contribution in [0.2, 0.25) is 0 Å². The SMILES string of the molecule is CCc1ccc(NC(=O)COC(=O)CCN2C(=O)Cc3ccccc3C2=O)cc1. The summed E-state index contributed by atoms with van der Waals surface area (Å²) in [7, 11) is 0. The Morgan fingerprint density at radius 1 is 1.07 bits per heavy atom. The molecule has 2 aromatic rings. The van der Waals surface area contributed by atoms with E-state index in [0.29, 0.717) is 16.8 Å². The largest absolute Gasteiger partial charge is 0.456 e. The standard InChI is InChI=1S/C22H22N2O5/c1-2-15-7-9-17(10-8-15)23-19(25)14-29-21(27)11-12-24-20(26)13-16-5-3-4-6-18(16)22(24)28/h3-10H,2,11-14H2,1H3,(H,23,25). The van der Waals surface area contributed by atoms with Gasteiger partial charge in [0.1, 0.15) is 0 Å². The maximum Gasteiger partial charge on any atom is 0.308 e. The second-order valence-corrected chi connectivity index (χ2v) is 6.69. The van der Waals surface area contributed by atoms with Gasteiger partial charge in [-0.1, -0.05) is 37.3 Å². The van der Waals surface area contributed by atoms with Gasteiger partial charge in [0, 0.05) is 17.8 Å². The number of benzene rings is 2. The number of rotatable bonds is 7. The first-order chi connectivity index (χ1) is 14.0. The zero-order chi connectivity index (χ0) is 20.8. The normalized spacial score (nSPS) is 13.1. The average Bonchev–Trinajstić information content (AvgIpc) is 2.72. The first-order valence-corrected chi connectivity index (χ1v) is 9.45. The van der Waals surface area contributed by atoms with E-state index >= 15 is 0 Å². The molecule has 0 spiro atoms. The number of esters is 1. The highest BCUT2D eigenvalue weighted by Crippen LogP contribution is 2.19. The van der Waals surface area contributed by atoms with Crippen LogP contribution in [0.25, 0.3) is 0 Å². The topological polar surface area (TPSA) is 92.8 Å². The van der Waals surface area contributed by atoms with Gasteiger partial charge in [0.15, 0.2) is 6.61 Å². The van der Waals surface area contributed by atoms with Crippen LogP contribution >= 0.6 is 0 Å². The van der Waals surface area contributed by atoms with Gasteiger partial charge < -0.3 is 10.1 Å². The molecule has 0 radical (unpaired) electrons. The third kappa shape index (κ3) is 5.07. The maximum absolute atomic E-state index is 12.4. The quantitative estimate of drug-likeness (QED) is 0.575. The molecule has 1 aliphatic heterocycles. The minimum atomic E-state index is -0.652. The van der Waals surface area contributed by atoms with Gasteiger partial charge >= 0.3 is 5.97 Å². The molecule has 0 aliphatic carbocycles. The van der Waals surface area contributed by atoms with E-state index < -0.39 is 24.4 Å². The third-order valence-electron chi connectivity index (χ3n) is 4.69. The minimum absolute atomic E-state index is 0.0784. The van der Waals surface area contributed by atoms with Crippen molar-refractivity contribution in [3.63, 3.8) is 0 Å². The van der Waals surface area contributed by atoms with E-state index in [4.69, 9.17) is 4.74 Å². The summed E-state index contributed by atoms with van der Waals surface area (Å²) in [6.45, 7) is 1.53. The van der Waals surface area contributed by atoms with Crippen LogP contribution in [-0.4, -0.2) is 41.7 Å². The molecular formula is C22H22N2O5. The highest BCUT2D eigenvalue weighted by atomic mass is 16.5. The van der Waals surface area contributed by atoms with Crippen molar-refractivity contribution in [3.8, 4) is 0 Å². The van der Waals surface area contributed by atoms with E-state index in [1.807, 2.05) is 19.1 Å². The molecule has 2 aromatic carbocycles. The molecule has 0 atom stereocenters. The van der Waals surface area contributed by atoms with Gasteiger partial charge in [-0.2, -0.15) is 0 Å². The van der Waals surface area contributed by atoms with Crippen LogP contribution in [0.4, 0.5) is 5.69 Å². The number of carbonyl (C=O) groups is 4. The number of carbonyl (C=O) groups excluding carboxylic acids is 4. The van der Waals surface area contributed by atoms with E-state index in [1.165, 1.54) is 0 Å². The van der Waals surface area contributed by atoms with Crippen LogP contribution in [0.15, 0.2) is 48.5 Å². The van der Waals surface area contributed by atoms with Crippen molar-refractivity contribution in [3.05, 3.63) is 65.2 Å². The predicted octanol–water partition coefficient (Wildman–Crippen LogP) is 2.35. The second kappa shape index (κ2) is 9.14. The molecular weight excluding hydrogens is 372 g/mol. The predicted molar refractivity (Wildman–Crippen MR) is 106 cm³/mol. The zero-order valence-electron chi connectivity index (χ0n) is 16.1. The number of amides is 3. The van der Waals surface area contributed by atoms with Crippen LogP contribution in [0.3, 0.4) is 0 Å². The lowest BCUT2D eigenvalue weighted by atomic mass is 9.98. The molecule has 3 rings (SSSR count). The van der Waals surface area contributed by atoms with Crippen LogP contribution in [0, 0.1) is 0 Å². The van der Waals surface area contributed by atoms with E-state index in [1.54, 1.807) is 36.4 Å². The lowest BCUT2D eigenvalue weighted by molar-refractivity contribution is -0.147. The molecule has 0 unspecified atom stereocenters. The molecule has 7 nitrogen and oxygen atoms in total. The van der Waals surface area contributed by atoms with E-state index in [9.17, 15) is 19.2 Å². The summed E-state index contributed by atoms with van der Waals surface area (Å²) in [6, 6.07) is 14.3. The fraction of sp³-hybridized carbons (Fsp3) is 0.273. The number of nitrogens with zero attached hydrogens (tertiary/aromatic N) is 1. The molecule has 1 heterocycles. The third-order valence-corrected chi connectivity index (χ3v) is 4.69. The van der Waals surface area contributed by atoms with E-state index in [2.05, 4.69) is 5.32 Å². The number of ether oxygens (including phenoxy) is 1. The Morgan fingerprint density at radius 3 is 2.52 bits per heavy atom. The van der Waals surface area contributed by atoms with Crippen LogP contribution in [0.5, 0.6) is 0 Å². The lowest BCUT2D eigenvalue weighted by Crippen LogP contribution is -2.43. The van der Waals surface area contributed by atoms with Crippen molar-refractivity contribution in [2.75, 3.05) is 18.5 Å². The monoisotopic (exact) mass is 394 g/mol. The Labute approximate surface area is 168 Å². The van der Waals surface area contributed by atoms with Crippen molar-refractivity contribution >= 4 is 29.4 Å². The van der Waals surface area contributed by atoms with Gasteiger partial charge in [0.2, 0.25) is 5.91 Å². The Bertz CT molecular complexity index is 936. The summed E-state index contributed by atoms with van der Waals surface area (Å²) in [4.78, 5) is 49.5. The lowest BCUT2D eigenvalue weighted by Gasteiger charge is -2.26. The van der Waals surface area contributed by atoms with Crippen molar-refractivity contribution < 1.29 is 23.9 Å². The molecule has 1 N–H and O–H groups in total. The van der Waals surface area contributed by atoms with Crippen LogP contribution in [-0.2, 0) is 32.0 Å². The fourth-order valence-electron chi connectivity index (χ4n) is 3.07. The molecule has 150 valence electrons.